The number of amides is 1. The minimum Gasteiger partial charge on any atom is -0.497 e. The first kappa shape index (κ1) is 17.8. The summed E-state index contributed by atoms with van der Waals surface area (Å²) in [6.45, 7) is 0.548. The number of methoxy groups -OCH3 is 1. The number of carbonyl (C=O) groups excluding carboxylic acids is 2. The van der Waals surface area contributed by atoms with Crippen molar-refractivity contribution in [1.82, 2.24) is 15.1 Å². The summed E-state index contributed by atoms with van der Waals surface area (Å²) in [4.78, 5) is 22.5. The van der Waals surface area contributed by atoms with Crippen LogP contribution in [-0.4, -0.2) is 34.6 Å². The number of aromatic nitrogens is 2. The lowest BCUT2D eigenvalue weighted by molar-refractivity contribution is -0.111. The Hall–Kier alpha value is -2.54. The van der Waals surface area contributed by atoms with Gasteiger partial charge in [-0.05, 0) is 48.4 Å². The van der Waals surface area contributed by atoms with E-state index in [1.165, 1.54) is 4.68 Å². The van der Waals surface area contributed by atoms with Crippen molar-refractivity contribution in [2.75, 3.05) is 13.7 Å². The minimum atomic E-state index is -0.413. The lowest BCUT2D eigenvalue weighted by atomic mass is 10.3. The molecule has 7 nitrogen and oxygen atoms in total. The van der Waals surface area contributed by atoms with Crippen LogP contribution in [0.25, 0.3) is 0 Å². The smallest absolute Gasteiger partial charge is 0.271 e. The molecule has 128 valence electrons. The van der Waals surface area contributed by atoms with Crippen LogP contribution in [0.5, 0.6) is 11.5 Å². The summed E-state index contributed by atoms with van der Waals surface area (Å²) in [5.41, 5.74) is 0.283. The molecule has 0 saturated carbocycles. The Morgan fingerprint density at radius 1 is 1.21 bits per heavy atom. The second-order valence-electron chi connectivity index (χ2n) is 4.90. The summed E-state index contributed by atoms with van der Waals surface area (Å²) in [5, 5.41) is 6.40. The van der Waals surface area contributed by atoms with Crippen molar-refractivity contribution in [2.45, 2.75) is 19.6 Å². The largest absolute Gasteiger partial charge is 0.497 e. The standard InChI is InChI=1S/C16H18ClN3O4/c1-23-12-4-6-13(7-5-12)24-11-20-10-8-14(19-20)16(22)18-9-2-3-15(17)21/h4-8,10H,2-3,9,11H2,1H3,(H,18,22). The molecule has 0 radical (unpaired) electrons. The molecular weight excluding hydrogens is 334 g/mol. The van der Waals surface area contributed by atoms with Crippen LogP contribution in [0.2, 0.25) is 0 Å². The van der Waals surface area contributed by atoms with Gasteiger partial charge in [0.15, 0.2) is 6.73 Å². The maximum absolute atomic E-state index is 11.9. The van der Waals surface area contributed by atoms with E-state index in [2.05, 4.69) is 10.4 Å². The number of rotatable bonds is 9. The number of nitrogens with one attached hydrogen (secondary N) is 1. The molecule has 2 rings (SSSR count). The number of benzene rings is 1. The van der Waals surface area contributed by atoms with Crippen molar-refractivity contribution in [3.05, 3.63) is 42.2 Å². The Kier molecular flexibility index (Phi) is 6.62. The predicted molar refractivity (Wildman–Crippen MR) is 88.3 cm³/mol. The number of hydrogen-bond acceptors (Lipinski definition) is 5. The van der Waals surface area contributed by atoms with Gasteiger partial charge < -0.3 is 14.8 Å². The average molecular weight is 352 g/mol. The zero-order valence-corrected chi connectivity index (χ0v) is 14.0. The predicted octanol–water partition coefficient (Wildman–Crippen LogP) is 2.20. The van der Waals surface area contributed by atoms with E-state index < -0.39 is 5.24 Å². The molecule has 1 aromatic heterocycles. The Labute approximate surface area is 144 Å². The van der Waals surface area contributed by atoms with E-state index >= 15 is 0 Å². The van der Waals surface area contributed by atoms with Crippen LogP contribution in [-0.2, 0) is 11.5 Å². The summed E-state index contributed by atoms with van der Waals surface area (Å²) >= 11 is 5.23. The first-order valence-corrected chi connectivity index (χ1v) is 7.73. The summed E-state index contributed by atoms with van der Waals surface area (Å²) in [6, 6.07) is 8.76. The summed E-state index contributed by atoms with van der Waals surface area (Å²) in [7, 11) is 1.60. The van der Waals surface area contributed by atoms with Gasteiger partial charge in [-0.2, -0.15) is 5.10 Å². The molecule has 0 spiro atoms. The number of nitrogens with zero attached hydrogens (tertiary/aromatic N) is 2. The molecule has 1 amide bonds. The van der Waals surface area contributed by atoms with Crippen molar-refractivity contribution < 1.29 is 19.1 Å². The lowest BCUT2D eigenvalue weighted by Crippen LogP contribution is -2.25. The number of ether oxygens (including phenoxy) is 2. The van der Waals surface area contributed by atoms with E-state index in [-0.39, 0.29) is 24.8 Å². The molecule has 1 N–H and O–H groups in total. The highest BCUT2D eigenvalue weighted by molar-refractivity contribution is 6.63. The molecule has 8 heteroatoms. The molecule has 0 fully saturated rings. The second kappa shape index (κ2) is 8.93. The van der Waals surface area contributed by atoms with Gasteiger partial charge in [-0.1, -0.05) is 0 Å². The third kappa shape index (κ3) is 5.58. The van der Waals surface area contributed by atoms with E-state index in [1.807, 2.05) is 0 Å². The van der Waals surface area contributed by atoms with Gasteiger partial charge in [0.1, 0.15) is 17.2 Å². The SMILES string of the molecule is COc1ccc(OCn2ccc(C(=O)NCCCC(=O)Cl)n2)cc1. The molecule has 0 aliphatic heterocycles. The molecular formula is C16H18ClN3O4. The molecule has 0 unspecified atom stereocenters. The third-order valence-corrected chi connectivity index (χ3v) is 3.32. The molecule has 0 bridgehead atoms. The highest BCUT2D eigenvalue weighted by Gasteiger charge is 2.09. The third-order valence-electron chi connectivity index (χ3n) is 3.13. The first-order chi connectivity index (χ1) is 11.6. The minimum absolute atomic E-state index is 0.181. The fraction of sp³-hybridized carbons (Fsp3) is 0.312. The van der Waals surface area contributed by atoms with Crippen molar-refractivity contribution in [1.29, 1.82) is 0 Å². The highest BCUT2D eigenvalue weighted by atomic mass is 35.5. The molecule has 1 heterocycles. The van der Waals surface area contributed by atoms with Crippen LogP contribution in [0.1, 0.15) is 23.3 Å². The summed E-state index contributed by atoms with van der Waals surface area (Å²) in [6.07, 6.45) is 2.38. The second-order valence-corrected chi connectivity index (χ2v) is 5.33. The molecule has 0 aliphatic rings. The lowest BCUT2D eigenvalue weighted by Gasteiger charge is -2.07. The van der Waals surface area contributed by atoms with Gasteiger partial charge >= 0.3 is 0 Å². The Morgan fingerprint density at radius 3 is 2.58 bits per heavy atom. The van der Waals surface area contributed by atoms with Crippen LogP contribution in [0.4, 0.5) is 0 Å². The topological polar surface area (TPSA) is 82.5 Å². The van der Waals surface area contributed by atoms with Gasteiger partial charge in [0.05, 0.1) is 7.11 Å². The van der Waals surface area contributed by atoms with Gasteiger partial charge in [-0.25, -0.2) is 4.68 Å². The van der Waals surface area contributed by atoms with E-state index in [0.29, 0.717) is 18.7 Å². The quantitative estimate of drug-likeness (QED) is 0.553. The molecule has 0 atom stereocenters. The van der Waals surface area contributed by atoms with E-state index in [9.17, 15) is 9.59 Å². The summed E-state index contributed by atoms with van der Waals surface area (Å²) < 4.78 is 12.2. The molecule has 2 aromatic rings. The van der Waals surface area contributed by atoms with E-state index in [4.69, 9.17) is 21.1 Å². The molecule has 0 saturated heterocycles. The van der Waals surface area contributed by atoms with Gasteiger partial charge in [0.2, 0.25) is 5.24 Å². The Balaban J connectivity index is 1.79. The fourth-order valence-corrected chi connectivity index (χ4v) is 2.02. The monoisotopic (exact) mass is 351 g/mol. The van der Waals surface area contributed by atoms with Crippen molar-refractivity contribution in [3.63, 3.8) is 0 Å². The highest BCUT2D eigenvalue weighted by Crippen LogP contribution is 2.17. The summed E-state index contributed by atoms with van der Waals surface area (Å²) in [5.74, 6) is 1.11. The Morgan fingerprint density at radius 2 is 1.92 bits per heavy atom. The van der Waals surface area contributed by atoms with Crippen molar-refractivity contribution in [2.24, 2.45) is 0 Å². The maximum atomic E-state index is 11.9. The zero-order valence-electron chi connectivity index (χ0n) is 13.2. The maximum Gasteiger partial charge on any atom is 0.271 e. The number of hydrogen-bond donors (Lipinski definition) is 1. The van der Waals surface area contributed by atoms with Crippen molar-refractivity contribution >= 4 is 22.8 Å². The molecule has 0 aliphatic carbocycles. The molecule has 1 aromatic carbocycles. The van der Waals surface area contributed by atoms with Gasteiger partial charge in [-0.3, -0.25) is 9.59 Å². The van der Waals surface area contributed by atoms with E-state index in [1.54, 1.807) is 43.6 Å². The first-order valence-electron chi connectivity index (χ1n) is 7.35. The van der Waals surface area contributed by atoms with Crippen LogP contribution < -0.4 is 14.8 Å². The van der Waals surface area contributed by atoms with Gasteiger partial charge in [0.25, 0.3) is 5.91 Å². The fourth-order valence-electron chi connectivity index (χ4n) is 1.89. The zero-order chi connectivity index (χ0) is 17.4. The van der Waals surface area contributed by atoms with Crippen molar-refractivity contribution in [3.8, 4) is 11.5 Å². The van der Waals surface area contributed by atoms with Crippen LogP contribution in [0.15, 0.2) is 36.5 Å². The average Bonchev–Trinajstić information content (AvgIpc) is 3.06. The normalized spacial score (nSPS) is 10.2. The number of carbonyl (C=O) groups is 2. The van der Waals surface area contributed by atoms with Gasteiger partial charge in [0, 0.05) is 19.2 Å². The van der Waals surface area contributed by atoms with Crippen LogP contribution in [0, 0.1) is 0 Å². The van der Waals surface area contributed by atoms with Gasteiger partial charge in [-0.15, -0.1) is 0 Å². The number of halogens is 1. The van der Waals surface area contributed by atoms with E-state index in [0.717, 1.165) is 5.75 Å². The molecule has 24 heavy (non-hydrogen) atoms. The van der Waals surface area contributed by atoms with Crippen LogP contribution >= 0.6 is 11.6 Å². The van der Waals surface area contributed by atoms with Crippen LogP contribution in [0.3, 0.4) is 0 Å². The Bertz CT molecular complexity index is 685.